The van der Waals surface area contributed by atoms with Gasteiger partial charge < -0.3 is 15.1 Å². The molecule has 0 atom stereocenters. The van der Waals surface area contributed by atoms with E-state index in [0.717, 1.165) is 12.3 Å². The van der Waals surface area contributed by atoms with Crippen LogP contribution in [0.15, 0.2) is 28.5 Å². The van der Waals surface area contributed by atoms with Crippen molar-refractivity contribution < 1.29 is 27.2 Å². The maximum atomic E-state index is 12.8. The molecule has 0 radical (unpaired) electrons. The van der Waals surface area contributed by atoms with E-state index in [-0.39, 0.29) is 24.6 Å². The van der Waals surface area contributed by atoms with Gasteiger partial charge in [-0.1, -0.05) is 13.8 Å². The molecular weight excluding hydrogens is 325 g/mol. The third-order valence-electron chi connectivity index (χ3n) is 4.58. The van der Waals surface area contributed by atoms with Crippen LogP contribution in [0.1, 0.15) is 36.4 Å². The molecule has 5 nitrogen and oxygen atoms in total. The van der Waals surface area contributed by atoms with Gasteiger partial charge in [-0.25, -0.2) is 0 Å². The Morgan fingerprint density at radius 2 is 1.96 bits per heavy atom. The molecule has 1 aliphatic heterocycles. The van der Waals surface area contributed by atoms with Gasteiger partial charge in [0.2, 0.25) is 5.76 Å². The predicted octanol–water partition coefficient (Wildman–Crippen LogP) is 2.58. The summed E-state index contributed by atoms with van der Waals surface area (Å²) in [6.07, 6.45) is -1.72. The van der Waals surface area contributed by atoms with E-state index < -0.39 is 34.2 Å². The lowest BCUT2D eigenvalue weighted by Gasteiger charge is -2.53. The molecule has 2 aliphatic rings. The highest BCUT2D eigenvalue weighted by atomic mass is 19.4. The van der Waals surface area contributed by atoms with Crippen LogP contribution >= 0.6 is 0 Å². The molecule has 0 unspecified atom stereocenters. The molecule has 1 fully saturated rings. The summed E-state index contributed by atoms with van der Waals surface area (Å²) < 4.78 is 43.0. The van der Waals surface area contributed by atoms with E-state index in [0.29, 0.717) is 6.42 Å². The van der Waals surface area contributed by atoms with E-state index in [1.54, 1.807) is 19.9 Å². The van der Waals surface area contributed by atoms with Crippen LogP contribution in [-0.2, 0) is 11.0 Å². The Labute approximate surface area is 136 Å². The third kappa shape index (κ3) is 2.50. The zero-order valence-corrected chi connectivity index (χ0v) is 13.2. The standard InChI is InChI=1S/C16H17F3N2O3/c1-14(2)6-15(5-10(20)11(14)22)7-21(8-15)13(23)9-3-4-24-12(9)16(17,18)19/h3-5H,6-8,20H2,1-2H3. The Morgan fingerprint density at radius 1 is 1.33 bits per heavy atom. The van der Waals surface area contributed by atoms with E-state index in [9.17, 15) is 22.8 Å². The average Bonchev–Trinajstić information content (AvgIpc) is 2.90. The number of nitrogens with zero attached hydrogens (tertiary/aromatic N) is 1. The van der Waals surface area contributed by atoms with Crippen molar-refractivity contribution in [3.05, 3.63) is 35.4 Å². The number of ketones is 1. The molecule has 1 aromatic rings. The largest absolute Gasteiger partial charge is 0.459 e. The second-order valence-electron chi connectivity index (χ2n) is 7.17. The van der Waals surface area contributed by atoms with Crippen LogP contribution in [0.4, 0.5) is 13.2 Å². The van der Waals surface area contributed by atoms with Gasteiger partial charge >= 0.3 is 6.18 Å². The number of hydrogen-bond acceptors (Lipinski definition) is 4. The van der Waals surface area contributed by atoms with E-state index in [4.69, 9.17) is 5.73 Å². The van der Waals surface area contributed by atoms with Crippen molar-refractivity contribution >= 4 is 11.7 Å². The molecule has 1 spiro atoms. The van der Waals surface area contributed by atoms with Crippen LogP contribution < -0.4 is 5.73 Å². The Hall–Kier alpha value is -2.25. The van der Waals surface area contributed by atoms with E-state index >= 15 is 0 Å². The molecule has 1 aromatic heterocycles. The summed E-state index contributed by atoms with van der Waals surface area (Å²) in [7, 11) is 0. The van der Waals surface area contributed by atoms with Gasteiger partial charge in [0, 0.05) is 23.9 Å². The highest BCUT2D eigenvalue weighted by molar-refractivity contribution is 6.00. The van der Waals surface area contributed by atoms with Crippen molar-refractivity contribution in [2.45, 2.75) is 26.4 Å². The summed E-state index contributed by atoms with van der Waals surface area (Å²) in [5.74, 6) is -2.17. The van der Waals surface area contributed by atoms with Crippen LogP contribution in [0.2, 0.25) is 0 Å². The van der Waals surface area contributed by atoms with Gasteiger partial charge in [0.25, 0.3) is 5.91 Å². The van der Waals surface area contributed by atoms with Crippen molar-refractivity contribution in [2.24, 2.45) is 16.6 Å². The van der Waals surface area contributed by atoms with E-state index in [2.05, 4.69) is 4.42 Å². The number of allylic oxidation sites excluding steroid dienone is 1. The normalized spacial score (nSPS) is 22.3. The number of carbonyl (C=O) groups excluding carboxylic acids is 2. The number of likely N-dealkylation sites (tertiary alicyclic amines) is 1. The number of rotatable bonds is 1. The summed E-state index contributed by atoms with van der Waals surface area (Å²) in [5.41, 5.74) is 4.32. The quantitative estimate of drug-likeness (QED) is 0.851. The molecule has 1 saturated heterocycles. The number of furan rings is 1. The topological polar surface area (TPSA) is 76.5 Å². The fourth-order valence-electron chi connectivity index (χ4n) is 3.73. The Bertz CT molecular complexity index is 740. The first-order valence-corrected chi connectivity index (χ1v) is 7.42. The van der Waals surface area contributed by atoms with Crippen molar-refractivity contribution in [3.63, 3.8) is 0 Å². The number of halogens is 3. The zero-order valence-electron chi connectivity index (χ0n) is 13.2. The minimum atomic E-state index is -4.72. The average molecular weight is 342 g/mol. The molecule has 0 saturated carbocycles. The molecule has 2 heterocycles. The number of nitrogens with two attached hydrogens (primary N) is 1. The Morgan fingerprint density at radius 3 is 2.50 bits per heavy atom. The van der Waals surface area contributed by atoms with E-state index in [1.807, 2.05) is 0 Å². The summed E-state index contributed by atoms with van der Waals surface area (Å²) in [6, 6.07) is 1.02. The van der Waals surface area contributed by atoms with Crippen LogP contribution in [0.25, 0.3) is 0 Å². The molecule has 130 valence electrons. The summed E-state index contributed by atoms with van der Waals surface area (Å²) in [4.78, 5) is 25.7. The van der Waals surface area contributed by atoms with Crippen LogP contribution in [0.3, 0.4) is 0 Å². The number of hydrogen-bond donors (Lipinski definition) is 1. The Balaban J connectivity index is 1.79. The van der Waals surface area contributed by atoms with Crippen molar-refractivity contribution in [3.8, 4) is 0 Å². The Kier molecular flexibility index (Phi) is 3.37. The molecular formula is C16H17F3N2O3. The number of Topliss-reactive ketones (excluding diaryl/α,β-unsaturated/α-hetero) is 1. The lowest BCUT2D eigenvalue weighted by molar-refractivity contribution is -0.153. The van der Waals surface area contributed by atoms with E-state index in [1.165, 1.54) is 4.90 Å². The van der Waals surface area contributed by atoms with Gasteiger partial charge in [-0.05, 0) is 18.6 Å². The van der Waals surface area contributed by atoms with Crippen LogP contribution in [0, 0.1) is 10.8 Å². The molecule has 3 rings (SSSR count). The van der Waals surface area contributed by atoms with Crippen molar-refractivity contribution in [1.82, 2.24) is 4.90 Å². The predicted molar refractivity (Wildman–Crippen MR) is 77.7 cm³/mol. The summed E-state index contributed by atoms with van der Waals surface area (Å²) in [5, 5.41) is 0. The summed E-state index contributed by atoms with van der Waals surface area (Å²) >= 11 is 0. The minimum absolute atomic E-state index is 0.146. The molecule has 24 heavy (non-hydrogen) atoms. The maximum absolute atomic E-state index is 12.8. The van der Waals surface area contributed by atoms with Gasteiger partial charge in [-0.15, -0.1) is 0 Å². The zero-order chi connectivity index (χ0) is 17.9. The van der Waals surface area contributed by atoms with Gasteiger partial charge in [0.05, 0.1) is 17.5 Å². The highest BCUT2D eigenvalue weighted by Gasteiger charge is 2.52. The molecule has 8 heteroatoms. The fourth-order valence-corrected chi connectivity index (χ4v) is 3.73. The molecule has 0 aromatic carbocycles. The molecule has 1 aliphatic carbocycles. The first-order valence-electron chi connectivity index (χ1n) is 7.42. The molecule has 2 N–H and O–H groups in total. The van der Waals surface area contributed by atoms with Gasteiger partial charge in [0.1, 0.15) is 0 Å². The molecule has 1 amide bonds. The SMILES string of the molecule is CC1(C)CC2(C=C(N)C1=O)CN(C(=O)c1ccoc1C(F)(F)F)C2. The van der Waals surface area contributed by atoms with Gasteiger partial charge in [-0.3, -0.25) is 9.59 Å². The first kappa shape index (κ1) is 16.6. The lowest BCUT2D eigenvalue weighted by atomic mass is 9.62. The smallest absolute Gasteiger partial charge is 0.450 e. The maximum Gasteiger partial charge on any atom is 0.450 e. The summed E-state index contributed by atoms with van der Waals surface area (Å²) in [6.45, 7) is 4.01. The monoisotopic (exact) mass is 342 g/mol. The lowest BCUT2D eigenvalue weighted by Crippen LogP contribution is -2.61. The van der Waals surface area contributed by atoms with Crippen LogP contribution in [0.5, 0.6) is 0 Å². The third-order valence-corrected chi connectivity index (χ3v) is 4.58. The highest BCUT2D eigenvalue weighted by Crippen LogP contribution is 2.48. The minimum Gasteiger partial charge on any atom is -0.459 e. The van der Waals surface area contributed by atoms with Crippen molar-refractivity contribution in [2.75, 3.05) is 13.1 Å². The molecule has 0 bridgehead atoms. The number of amides is 1. The first-order chi connectivity index (χ1) is 11.0. The van der Waals surface area contributed by atoms with Crippen LogP contribution in [-0.4, -0.2) is 29.7 Å². The second kappa shape index (κ2) is 4.87. The van der Waals surface area contributed by atoms with Gasteiger partial charge in [-0.2, -0.15) is 13.2 Å². The van der Waals surface area contributed by atoms with Crippen molar-refractivity contribution in [1.29, 1.82) is 0 Å². The second-order valence-corrected chi connectivity index (χ2v) is 7.17. The van der Waals surface area contributed by atoms with Gasteiger partial charge in [0.15, 0.2) is 5.78 Å². The number of carbonyl (C=O) groups is 2. The fraction of sp³-hybridized carbons (Fsp3) is 0.500. The number of alkyl halides is 3.